The third-order valence-corrected chi connectivity index (χ3v) is 5.02. The lowest BCUT2D eigenvalue weighted by atomic mass is 10.1. The third-order valence-electron chi connectivity index (χ3n) is 5.02. The van der Waals surface area contributed by atoms with Gasteiger partial charge in [-0.25, -0.2) is 0 Å². The van der Waals surface area contributed by atoms with Crippen LogP contribution in [0.25, 0.3) is 0 Å². The Labute approximate surface area is 185 Å². The summed E-state index contributed by atoms with van der Waals surface area (Å²) >= 11 is 0. The first-order valence-electron chi connectivity index (χ1n) is 11.2. The van der Waals surface area contributed by atoms with Crippen molar-refractivity contribution in [1.29, 1.82) is 0 Å². The molecule has 0 saturated heterocycles. The molecular formula is C25H35N3O3. The summed E-state index contributed by atoms with van der Waals surface area (Å²) in [4.78, 5) is 24.0. The molecule has 0 fully saturated rings. The van der Waals surface area contributed by atoms with E-state index in [1.807, 2.05) is 56.3 Å². The molecule has 0 saturated carbocycles. The standard InChI is InChI=1S/C25H35N3O3/c1-4-6-7-8-9-17-31-21-15-13-20(14-16-21)27-25(30)18-26-22-11-10-12-23(19(22)3)28-24(29)5-2/h10-16,26H,4-9,17-18H2,1-3H3,(H,27,30)(H,28,29). The van der Waals surface area contributed by atoms with Crippen LogP contribution in [0.3, 0.4) is 0 Å². The molecule has 0 heterocycles. The van der Waals surface area contributed by atoms with Crippen LogP contribution < -0.4 is 20.7 Å². The minimum Gasteiger partial charge on any atom is -0.494 e. The van der Waals surface area contributed by atoms with Gasteiger partial charge in [-0.3, -0.25) is 9.59 Å². The SMILES string of the molecule is CCCCCCCOc1ccc(NC(=O)CNc2cccc(NC(=O)CC)c2C)cc1. The molecule has 2 amide bonds. The normalized spacial score (nSPS) is 10.4. The van der Waals surface area contributed by atoms with E-state index < -0.39 is 0 Å². The van der Waals surface area contributed by atoms with Crippen LogP contribution in [0, 0.1) is 6.92 Å². The lowest BCUT2D eigenvalue weighted by molar-refractivity contribution is -0.116. The van der Waals surface area contributed by atoms with Gasteiger partial charge in [-0.05, 0) is 55.3 Å². The number of benzene rings is 2. The Balaban J connectivity index is 1.77. The van der Waals surface area contributed by atoms with Gasteiger partial charge in [-0.2, -0.15) is 0 Å². The third kappa shape index (κ3) is 8.70. The van der Waals surface area contributed by atoms with Gasteiger partial charge >= 0.3 is 0 Å². The van der Waals surface area contributed by atoms with Crippen molar-refractivity contribution in [2.75, 3.05) is 29.1 Å². The summed E-state index contributed by atoms with van der Waals surface area (Å²) in [5, 5.41) is 8.88. The van der Waals surface area contributed by atoms with Crippen LogP contribution in [-0.2, 0) is 9.59 Å². The largest absolute Gasteiger partial charge is 0.494 e. The number of nitrogens with one attached hydrogen (secondary N) is 3. The first-order valence-corrected chi connectivity index (χ1v) is 11.2. The van der Waals surface area contributed by atoms with Gasteiger partial charge in [0.2, 0.25) is 11.8 Å². The lowest BCUT2D eigenvalue weighted by Gasteiger charge is -2.14. The Morgan fingerprint density at radius 3 is 2.26 bits per heavy atom. The second-order valence-electron chi connectivity index (χ2n) is 7.57. The molecule has 2 rings (SSSR count). The predicted octanol–water partition coefficient (Wildman–Crippen LogP) is 5.74. The van der Waals surface area contributed by atoms with Crippen molar-refractivity contribution in [3.8, 4) is 5.75 Å². The van der Waals surface area contributed by atoms with Crippen molar-refractivity contribution in [3.05, 3.63) is 48.0 Å². The fourth-order valence-electron chi connectivity index (χ4n) is 3.11. The summed E-state index contributed by atoms with van der Waals surface area (Å²) in [5.41, 5.74) is 3.18. The summed E-state index contributed by atoms with van der Waals surface area (Å²) in [6.07, 6.45) is 6.46. The average molecular weight is 426 g/mol. The van der Waals surface area contributed by atoms with Crippen molar-refractivity contribution < 1.29 is 14.3 Å². The van der Waals surface area contributed by atoms with Crippen LogP contribution in [0.4, 0.5) is 17.1 Å². The summed E-state index contributed by atoms with van der Waals surface area (Å²) in [6.45, 7) is 6.78. The maximum absolute atomic E-state index is 12.3. The van der Waals surface area contributed by atoms with E-state index in [0.717, 1.165) is 41.4 Å². The number of hydrogen-bond acceptors (Lipinski definition) is 4. The Hall–Kier alpha value is -3.02. The number of anilines is 3. The lowest BCUT2D eigenvalue weighted by Crippen LogP contribution is -2.22. The van der Waals surface area contributed by atoms with Crippen molar-refractivity contribution in [1.82, 2.24) is 0 Å². The van der Waals surface area contributed by atoms with Crippen molar-refractivity contribution >= 4 is 28.9 Å². The zero-order valence-electron chi connectivity index (χ0n) is 18.9. The highest BCUT2D eigenvalue weighted by Gasteiger charge is 2.08. The van der Waals surface area contributed by atoms with E-state index in [0.29, 0.717) is 6.42 Å². The van der Waals surface area contributed by atoms with Gasteiger partial charge in [-0.1, -0.05) is 45.6 Å². The van der Waals surface area contributed by atoms with Crippen LogP contribution in [-0.4, -0.2) is 25.0 Å². The Kier molecular flexibility index (Phi) is 10.4. The average Bonchev–Trinajstić information content (AvgIpc) is 2.77. The van der Waals surface area contributed by atoms with E-state index in [1.165, 1.54) is 25.7 Å². The first-order chi connectivity index (χ1) is 15.0. The number of carbonyl (C=O) groups excluding carboxylic acids is 2. The van der Waals surface area contributed by atoms with Crippen LogP contribution >= 0.6 is 0 Å². The van der Waals surface area contributed by atoms with E-state index in [2.05, 4.69) is 22.9 Å². The van der Waals surface area contributed by atoms with Gasteiger partial charge in [-0.15, -0.1) is 0 Å². The number of unbranched alkanes of at least 4 members (excludes halogenated alkanes) is 4. The summed E-state index contributed by atoms with van der Waals surface area (Å²) < 4.78 is 5.76. The Bertz CT molecular complexity index is 834. The molecule has 168 valence electrons. The van der Waals surface area contributed by atoms with Gasteiger partial charge < -0.3 is 20.7 Å². The fourth-order valence-corrected chi connectivity index (χ4v) is 3.11. The number of hydrogen-bond donors (Lipinski definition) is 3. The van der Waals surface area contributed by atoms with Gasteiger partial charge in [0, 0.05) is 23.5 Å². The molecule has 0 aliphatic carbocycles. The molecular weight excluding hydrogens is 390 g/mol. The molecule has 31 heavy (non-hydrogen) atoms. The van der Waals surface area contributed by atoms with Gasteiger partial charge in [0.25, 0.3) is 0 Å². The molecule has 3 N–H and O–H groups in total. The van der Waals surface area contributed by atoms with E-state index in [9.17, 15) is 9.59 Å². The van der Waals surface area contributed by atoms with Gasteiger partial charge in [0.15, 0.2) is 0 Å². The second-order valence-corrected chi connectivity index (χ2v) is 7.57. The van der Waals surface area contributed by atoms with Crippen LogP contribution in [0.2, 0.25) is 0 Å². The minimum absolute atomic E-state index is 0.0399. The summed E-state index contributed by atoms with van der Waals surface area (Å²) in [7, 11) is 0. The van der Waals surface area contributed by atoms with E-state index >= 15 is 0 Å². The quantitative estimate of drug-likeness (QED) is 0.357. The Morgan fingerprint density at radius 2 is 1.55 bits per heavy atom. The zero-order valence-corrected chi connectivity index (χ0v) is 18.9. The molecule has 0 bridgehead atoms. The van der Waals surface area contributed by atoms with Crippen LogP contribution in [0.1, 0.15) is 57.9 Å². The van der Waals surface area contributed by atoms with Crippen LogP contribution in [0.5, 0.6) is 5.75 Å². The highest BCUT2D eigenvalue weighted by molar-refractivity contribution is 5.95. The highest BCUT2D eigenvalue weighted by atomic mass is 16.5. The molecule has 2 aromatic rings. The van der Waals surface area contributed by atoms with Gasteiger partial charge in [0.05, 0.1) is 13.2 Å². The van der Waals surface area contributed by atoms with Crippen LogP contribution in [0.15, 0.2) is 42.5 Å². The van der Waals surface area contributed by atoms with Crippen molar-refractivity contribution in [2.24, 2.45) is 0 Å². The number of carbonyl (C=O) groups is 2. The molecule has 0 spiro atoms. The van der Waals surface area contributed by atoms with Gasteiger partial charge in [0.1, 0.15) is 5.75 Å². The predicted molar refractivity (Wildman–Crippen MR) is 128 cm³/mol. The summed E-state index contributed by atoms with van der Waals surface area (Å²) in [6, 6.07) is 13.0. The molecule has 6 heteroatoms. The first kappa shape index (κ1) is 24.3. The zero-order chi connectivity index (χ0) is 22.5. The topological polar surface area (TPSA) is 79.5 Å². The monoisotopic (exact) mass is 425 g/mol. The van der Waals surface area contributed by atoms with E-state index in [1.54, 1.807) is 0 Å². The molecule has 0 aliphatic rings. The molecule has 2 aromatic carbocycles. The smallest absolute Gasteiger partial charge is 0.243 e. The van der Waals surface area contributed by atoms with E-state index in [-0.39, 0.29) is 18.4 Å². The fraction of sp³-hybridized carbons (Fsp3) is 0.440. The molecule has 0 unspecified atom stereocenters. The maximum Gasteiger partial charge on any atom is 0.243 e. The molecule has 0 aliphatic heterocycles. The highest BCUT2D eigenvalue weighted by Crippen LogP contribution is 2.23. The molecule has 0 atom stereocenters. The summed E-state index contributed by atoms with van der Waals surface area (Å²) in [5.74, 6) is 0.627. The van der Waals surface area contributed by atoms with Crippen molar-refractivity contribution in [2.45, 2.75) is 59.3 Å². The Morgan fingerprint density at radius 1 is 0.839 bits per heavy atom. The van der Waals surface area contributed by atoms with E-state index in [4.69, 9.17) is 4.74 Å². The number of amides is 2. The van der Waals surface area contributed by atoms with Crippen molar-refractivity contribution in [3.63, 3.8) is 0 Å². The maximum atomic E-state index is 12.3. The minimum atomic E-state index is -0.146. The second kappa shape index (κ2) is 13.3. The number of ether oxygens (including phenoxy) is 1. The molecule has 0 radical (unpaired) electrons. The number of rotatable bonds is 13. The molecule has 6 nitrogen and oxygen atoms in total. The molecule has 0 aromatic heterocycles.